The van der Waals surface area contributed by atoms with Gasteiger partial charge in [-0.3, -0.25) is 0 Å². The molecule has 2 N–H and O–H groups in total. The van der Waals surface area contributed by atoms with Crippen LogP contribution in [0.1, 0.15) is 0 Å². The van der Waals surface area contributed by atoms with Crippen molar-refractivity contribution in [3.8, 4) is 11.5 Å². The van der Waals surface area contributed by atoms with Crippen molar-refractivity contribution >= 4 is 23.2 Å². The number of nitrogens with one attached hydrogen (secondary N) is 2. The van der Waals surface area contributed by atoms with Crippen LogP contribution in [0.2, 0.25) is 10.0 Å². The summed E-state index contributed by atoms with van der Waals surface area (Å²) in [6, 6.07) is 11.9. The third kappa shape index (κ3) is 5.47. The van der Waals surface area contributed by atoms with E-state index in [1.165, 1.54) is 12.1 Å². The SMILES string of the molecule is Clc1ccc(OC2CNC2)cc1.Fc1cc(OC2CNC2)ccc1Cl. The molecule has 0 amide bonds. The van der Waals surface area contributed by atoms with Gasteiger partial charge >= 0.3 is 0 Å². The lowest BCUT2D eigenvalue weighted by atomic mass is 10.2. The van der Waals surface area contributed by atoms with Gasteiger partial charge in [0.1, 0.15) is 29.5 Å². The Hall–Kier alpha value is -1.53. The zero-order valence-corrected chi connectivity index (χ0v) is 15.0. The molecule has 0 spiro atoms. The van der Waals surface area contributed by atoms with Crippen LogP contribution in [0.3, 0.4) is 0 Å². The number of hydrogen-bond donors (Lipinski definition) is 2. The molecule has 4 rings (SSSR count). The third-order valence-electron chi connectivity index (χ3n) is 3.80. The summed E-state index contributed by atoms with van der Waals surface area (Å²) in [5.41, 5.74) is 0. The molecule has 4 nitrogen and oxygen atoms in total. The lowest BCUT2D eigenvalue weighted by molar-refractivity contribution is 0.142. The van der Waals surface area contributed by atoms with Crippen molar-refractivity contribution in [2.24, 2.45) is 0 Å². The third-order valence-corrected chi connectivity index (χ3v) is 4.36. The van der Waals surface area contributed by atoms with E-state index in [0.29, 0.717) is 11.9 Å². The molecule has 0 atom stereocenters. The molecule has 2 saturated heterocycles. The van der Waals surface area contributed by atoms with E-state index in [1.807, 2.05) is 24.3 Å². The van der Waals surface area contributed by atoms with Crippen molar-refractivity contribution < 1.29 is 13.9 Å². The fourth-order valence-electron chi connectivity index (χ4n) is 2.14. The molecule has 2 heterocycles. The minimum Gasteiger partial charge on any atom is -0.488 e. The molecule has 2 aliphatic heterocycles. The van der Waals surface area contributed by atoms with Gasteiger partial charge in [0.2, 0.25) is 0 Å². The highest BCUT2D eigenvalue weighted by Crippen LogP contribution is 2.21. The Balaban J connectivity index is 0.000000146. The second kappa shape index (κ2) is 8.72. The topological polar surface area (TPSA) is 42.5 Å². The molecule has 2 aromatic rings. The number of halogens is 3. The van der Waals surface area contributed by atoms with Crippen LogP contribution in [-0.2, 0) is 0 Å². The summed E-state index contributed by atoms with van der Waals surface area (Å²) in [4.78, 5) is 0. The van der Waals surface area contributed by atoms with Crippen molar-refractivity contribution in [3.63, 3.8) is 0 Å². The van der Waals surface area contributed by atoms with Gasteiger partial charge in [0.25, 0.3) is 0 Å². The lowest BCUT2D eigenvalue weighted by Crippen LogP contribution is -2.50. The normalized spacial score (nSPS) is 16.9. The molecule has 134 valence electrons. The average Bonchev–Trinajstić information content (AvgIpc) is 2.53. The second-order valence-corrected chi connectivity index (χ2v) is 6.67. The Morgan fingerprint density at radius 1 is 0.800 bits per heavy atom. The molecule has 0 saturated carbocycles. The summed E-state index contributed by atoms with van der Waals surface area (Å²) in [6.07, 6.45) is 0.506. The van der Waals surface area contributed by atoms with Crippen LogP contribution in [0.15, 0.2) is 42.5 Å². The van der Waals surface area contributed by atoms with Crippen molar-refractivity contribution in [1.29, 1.82) is 0 Å². The van der Waals surface area contributed by atoms with E-state index >= 15 is 0 Å². The first-order chi connectivity index (χ1) is 12.1. The molecule has 0 radical (unpaired) electrons. The van der Waals surface area contributed by atoms with Crippen molar-refractivity contribution in [2.75, 3.05) is 26.2 Å². The summed E-state index contributed by atoms with van der Waals surface area (Å²) >= 11 is 11.3. The lowest BCUT2D eigenvalue weighted by Gasteiger charge is -2.27. The molecule has 0 aromatic heterocycles. The van der Waals surface area contributed by atoms with Crippen molar-refractivity contribution in [1.82, 2.24) is 10.6 Å². The monoisotopic (exact) mass is 384 g/mol. The Morgan fingerprint density at radius 3 is 1.80 bits per heavy atom. The molecule has 2 aromatic carbocycles. The minimum atomic E-state index is -0.438. The summed E-state index contributed by atoms with van der Waals surface area (Å²) in [5, 5.41) is 7.07. The van der Waals surface area contributed by atoms with Crippen LogP contribution in [-0.4, -0.2) is 38.4 Å². The predicted molar refractivity (Wildman–Crippen MR) is 97.4 cm³/mol. The van der Waals surface area contributed by atoms with Gasteiger partial charge in [0.05, 0.1) is 5.02 Å². The van der Waals surface area contributed by atoms with Gasteiger partial charge in [-0.25, -0.2) is 4.39 Å². The van der Waals surface area contributed by atoms with Gasteiger partial charge < -0.3 is 20.1 Å². The highest BCUT2D eigenvalue weighted by atomic mass is 35.5. The summed E-state index contributed by atoms with van der Waals surface area (Å²) in [5.74, 6) is 0.991. The number of ether oxygens (including phenoxy) is 2. The Bertz CT molecular complexity index is 692. The van der Waals surface area contributed by atoms with E-state index in [1.54, 1.807) is 6.07 Å². The smallest absolute Gasteiger partial charge is 0.145 e. The highest BCUT2D eigenvalue weighted by Gasteiger charge is 2.18. The number of hydrogen-bond acceptors (Lipinski definition) is 4. The van der Waals surface area contributed by atoms with Gasteiger partial charge in [-0.05, 0) is 36.4 Å². The van der Waals surface area contributed by atoms with Gasteiger partial charge in [-0.1, -0.05) is 23.2 Å². The fraction of sp³-hybridized carbons (Fsp3) is 0.333. The molecule has 2 aliphatic rings. The van der Waals surface area contributed by atoms with E-state index in [2.05, 4.69) is 10.6 Å². The van der Waals surface area contributed by atoms with Crippen molar-refractivity contribution in [2.45, 2.75) is 12.2 Å². The molecule has 0 aliphatic carbocycles. The van der Waals surface area contributed by atoms with E-state index < -0.39 is 5.82 Å². The summed E-state index contributed by atoms with van der Waals surface area (Å²) < 4.78 is 23.9. The zero-order chi connectivity index (χ0) is 17.6. The molecule has 2 fully saturated rings. The standard InChI is InChI=1S/C9H9ClFNO.C9H10ClNO/c10-8-2-1-6(3-9(8)11)13-7-4-12-5-7;10-7-1-3-8(4-2-7)12-9-5-11-6-9/h1-3,7,12H,4-5H2;1-4,9,11H,5-6H2. The minimum absolute atomic E-state index is 0.124. The maximum atomic E-state index is 12.9. The van der Waals surface area contributed by atoms with E-state index in [4.69, 9.17) is 32.7 Å². The largest absolute Gasteiger partial charge is 0.488 e. The fourth-order valence-corrected chi connectivity index (χ4v) is 2.38. The molecule has 7 heteroatoms. The van der Waals surface area contributed by atoms with E-state index in [9.17, 15) is 4.39 Å². The Kier molecular flexibility index (Phi) is 6.37. The van der Waals surface area contributed by atoms with Gasteiger partial charge in [0, 0.05) is 37.3 Å². The van der Waals surface area contributed by atoms with Crippen LogP contribution in [0.4, 0.5) is 4.39 Å². The first-order valence-electron chi connectivity index (χ1n) is 8.05. The molecular formula is C18H19Cl2FN2O2. The first kappa shape index (κ1) is 18.3. The van der Waals surface area contributed by atoms with Crippen LogP contribution in [0.25, 0.3) is 0 Å². The van der Waals surface area contributed by atoms with E-state index in [0.717, 1.165) is 37.0 Å². The van der Waals surface area contributed by atoms with Gasteiger partial charge in [-0.2, -0.15) is 0 Å². The van der Waals surface area contributed by atoms with Gasteiger partial charge in [0.15, 0.2) is 0 Å². The van der Waals surface area contributed by atoms with Crippen LogP contribution in [0, 0.1) is 5.82 Å². The molecule has 0 unspecified atom stereocenters. The predicted octanol–water partition coefficient (Wildman–Crippen LogP) is 3.52. The first-order valence-corrected chi connectivity index (χ1v) is 8.81. The molecule has 25 heavy (non-hydrogen) atoms. The maximum Gasteiger partial charge on any atom is 0.145 e. The van der Waals surface area contributed by atoms with Gasteiger partial charge in [-0.15, -0.1) is 0 Å². The van der Waals surface area contributed by atoms with Crippen LogP contribution < -0.4 is 20.1 Å². The molecule has 0 bridgehead atoms. The molecular weight excluding hydrogens is 366 g/mol. The number of rotatable bonds is 4. The Morgan fingerprint density at radius 2 is 1.32 bits per heavy atom. The summed E-state index contributed by atoms with van der Waals surface area (Å²) in [7, 11) is 0. The zero-order valence-electron chi connectivity index (χ0n) is 13.5. The average molecular weight is 385 g/mol. The Labute approximate surface area is 156 Å². The highest BCUT2D eigenvalue weighted by molar-refractivity contribution is 6.30. The van der Waals surface area contributed by atoms with Crippen LogP contribution >= 0.6 is 23.2 Å². The van der Waals surface area contributed by atoms with Crippen molar-refractivity contribution in [3.05, 3.63) is 58.3 Å². The number of benzene rings is 2. The van der Waals surface area contributed by atoms with E-state index in [-0.39, 0.29) is 11.1 Å². The summed E-state index contributed by atoms with van der Waals surface area (Å²) in [6.45, 7) is 3.54. The van der Waals surface area contributed by atoms with Crippen LogP contribution in [0.5, 0.6) is 11.5 Å². The maximum absolute atomic E-state index is 12.9. The second-order valence-electron chi connectivity index (χ2n) is 5.83. The quantitative estimate of drug-likeness (QED) is 0.845.